The van der Waals surface area contributed by atoms with Gasteiger partial charge in [0.1, 0.15) is 0 Å². The SMILES string of the molecule is CCC1CCC(C(NC)c2ccc(Cl)c(Cl)c2)C1. The van der Waals surface area contributed by atoms with Crippen LogP contribution in [-0.2, 0) is 0 Å². The maximum absolute atomic E-state index is 6.12. The first kappa shape index (κ1) is 14.2. The van der Waals surface area contributed by atoms with Gasteiger partial charge in [0.25, 0.3) is 0 Å². The van der Waals surface area contributed by atoms with Gasteiger partial charge < -0.3 is 5.32 Å². The van der Waals surface area contributed by atoms with Crippen molar-refractivity contribution in [2.75, 3.05) is 7.05 Å². The average molecular weight is 286 g/mol. The average Bonchev–Trinajstić information content (AvgIpc) is 2.83. The monoisotopic (exact) mass is 285 g/mol. The number of hydrogen-bond donors (Lipinski definition) is 1. The molecule has 100 valence electrons. The van der Waals surface area contributed by atoms with Crippen LogP contribution in [0.4, 0.5) is 0 Å². The van der Waals surface area contributed by atoms with Crippen molar-refractivity contribution in [3.63, 3.8) is 0 Å². The molecule has 3 atom stereocenters. The Morgan fingerprint density at radius 1 is 1.28 bits per heavy atom. The Kier molecular flexibility index (Phi) is 4.94. The molecule has 1 fully saturated rings. The Hall–Kier alpha value is -0.240. The highest BCUT2D eigenvalue weighted by molar-refractivity contribution is 6.42. The topological polar surface area (TPSA) is 12.0 Å². The lowest BCUT2D eigenvalue weighted by atomic mass is 9.90. The molecule has 1 aliphatic rings. The molecule has 0 aromatic heterocycles. The van der Waals surface area contributed by atoms with Crippen LogP contribution in [-0.4, -0.2) is 7.05 Å². The lowest BCUT2D eigenvalue weighted by molar-refractivity contribution is 0.372. The Bertz CT molecular complexity index is 405. The fraction of sp³-hybridized carbons (Fsp3) is 0.600. The van der Waals surface area contributed by atoms with E-state index in [-0.39, 0.29) is 0 Å². The van der Waals surface area contributed by atoms with E-state index in [4.69, 9.17) is 23.2 Å². The normalized spacial score (nSPS) is 25.3. The molecule has 1 N–H and O–H groups in total. The summed E-state index contributed by atoms with van der Waals surface area (Å²) in [6, 6.07) is 6.39. The molecule has 1 aromatic rings. The minimum absolute atomic E-state index is 0.399. The van der Waals surface area contributed by atoms with Gasteiger partial charge in [0.15, 0.2) is 0 Å². The zero-order chi connectivity index (χ0) is 13.1. The Balaban J connectivity index is 2.15. The first-order valence-electron chi connectivity index (χ1n) is 6.78. The quantitative estimate of drug-likeness (QED) is 0.813. The number of nitrogens with one attached hydrogen (secondary N) is 1. The lowest BCUT2D eigenvalue weighted by Gasteiger charge is -2.24. The van der Waals surface area contributed by atoms with Gasteiger partial charge in [0.05, 0.1) is 10.0 Å². The van der Waals surface area contributed by atoms with Crippen LogP contribution >= 0.6 is 23.2 Å². The van der Waals surface area contributed by atoms with Crippen molar-refractivity contribution >= 4 is 23.2 Å². The minimum atomic E-state index is 0.399. The molecule has 0 heterocycles. The van der Waals surface area contributed by atoms with Gasteiger partial charge in [-0.15, -0.1) is 0 Å². The summed E-state index contributed by atoms with van der Waals surface area (Å²) in [6.07, 6.45) is 5.29. The van der Waals surface area contributed by atoms with E-state index in [0.717, 1.165) is 11.8 Å². The summed E-state index contributed by atoms with van der Waals surface area (Å²) in [5.74, 6) is 1.62. The highest BCUT2D eigenvalue weighted by Gasteiger charge is 2.30. The summed E-state index contributed by atoms with van der Waals surface area (Å²) < 4.78 is 0. The van der Waals surface area contributed by atoms with Gasteiger partial charge in [-0.1, -0.05) is 49.0 Å². The molecule has 0 radical (unpaired) electrons. The van der Waals surface area contributed by atoms with Crippen LogP contribution in [0.3, 0.4) is 0 Å². The molecule has 1 aliphatic carbocycles. The van der Waals surface area contributed by atoms with Crippen molar-refractivity contribution in [3.8, 4) is 0 Å². The van der Waals surface area contributed by atoms with Crippen molar-refractivity contribution in [2.45, 2.75) is 38.6 Å². The summed E-state index contributed by atoms with van der Waals surface area (Å²) >= 11 is 12.1. The van der Waals surface area contributed by atoms with Crippen LogP contribution in [0.5, 0.6) is 0 Å². The molecule has 1 aromatic carbocycles. The highest BCUT2D eigenvalue weighted by atomic mass is 35.5. The molecule has 2 rings (SSSR count). The van der Waals surface area contributed by atoms with Crippen molar-refractivity contribution in [2.24, 2.45) is 11.8 Å². The van der Waals surface area contributed by atoms with Gasteiger partial charge in [0, 0.05) is 6.04 Å². The third-order valence-electron chi connectivity index (χ3n) is 4.24. The molecular weight excluding hydrogens is 265 g/mol. The van der Waals surface area contributed by atoms with Crippen molar-refractivity contribution < 1.29 is 0 Å². The molecule has 3 unspecified atom stereocenters. The Labute approximate surface area is 120 Å². The van der Waals surface area contributed by atoms with E-state index in [1.807, 2.05) is 19.2 Å². The van der Waals surface area contributed by atoms with Crippen LogP contribution in [0.25, 0.3) is 0 Å². The van der Waals surface area contributed by atoms with Gasteiger partial charge in [-0.3, -0.25) is 0 Å². The van der Waals surface area contributed by atoms with E-state index in [0.29, 0.717) is 16.1 Å². The second-order valence-corrected chi connectivity index (χ2v) is 6.10. The molecule has 0 aliphatic heterocycles. The predicted molar refractivity (Wildman–Crippen MR) is 79.4 cm³/mol. The van der Waals surface area contributed by atoms with E-state index in [9.17, 15) is 0 Å². The first-order chi connectivity index (χ1) is 8.65. The van der Waals surface area contributed by atoms with E-state index in [1.54, 1.807) is 0 Å². The van der Waals surface area contributed by atoms with Gasteiger partial charge in [-0.2, -0.15) is 0 Å². The zero-order valence-electron chi connectivity index (χ0n) is 11.0. The fourth-order valence-electron chi connectivity index (χ4n) is 3.17. The van der Waals surface area contributed by atoms with E-state index < -0.39 is 0 Å². The largest absolute Gasteiger partial charge is 0.313 e. The van der Waals surface area contributed by atoms with Crippen LogP contribution in [0.15, 0.2) is 18.2 Å². The van der Waals surface area contributed by atoms with Gasteiger partial charge in [0.2, 0.25) is 0 Å². The van der Waals surface area contributed by atoms with Crippen molar-refractivity contribution in [3.05, 3.63) is 33.8 Å². The van der Waals surface area contributed by atoms with Gasteiger partial charge in [-0.25, -0.2) is 0 Å². The molecule has 1 saturated carbocycles. The van der Waals surface area contributed by atoms with Gasteiger partial charge in [-0.05, 0) is 49.4 Å². The number of benzene rings is 1. The van der Waals surface area contributed by atoms with Gasteiger partial charge >= 0.3 is 0 Å². The Morgan fingerprint density at radius 2 is 2.06 bits per heavy atom. The van der Waals surface area contributed by atoms with Crippen LogP contribution < -0.4 is 5.32 Å². The molecule has 0 spiro atoms. The molecule has 0 amide bonds. The number of rotatable bonds is 4. The molecule has 0 saturated heterocycles. The fourth-order valence-corrected chi connectivity index (χ4v) is 3.47. The van der Waals surface area contributed by atoms with E-state index in [1.165, 1.54) is 31.2 Å². The second kappa shape index (κ2) is 6.27. The second-order valence-electron chi connectivity index (χ2n) is 5.29. The smallest absolute Gasteiger partial charge is 0.0595 e. The van der Waals surface area contributed by atoms with Crippen molar-refractivity contribution in [1.29, 1.82) is 0 Å². The zero-order valence-corrected chi connectivity index (χ0v) is 12.6. The van der Waals surface area contributed by atoms with Crippen LogP contribution in [0, 0.1) is 11.8 Å². The van der Waals surface area contributed by atoms with Crippen molar-refractivity contribution in [1.82, 2.24) is 5.32 Å². The molecule has 0 bridgehead atoms. The molecule has 18 heavy (non-hydrogen) atoms. The summed E-state index contributed by atoms with van der Waals surface area (Å²) in [4.78, 5) is 0. The molecule has 3 heteroatoms. The maximum atomic E-state index is 6.12. The van der Waals surface area contributed by atoms with Crippen LogP contribution in [0.2, 0.25) is 10.0 Å². The van der Waals surface area contributed by atoms with E-state index >= 15 is 0 Å². The third kappa shape index (κ3) is 3.01. The highest BCUT2D eigenvalue weighted by Crippen LogP contribution is 2.41. The maximum Gasteiger partial charge on any atom is 0.0595 e. The summed E-state index contributed by atoms with van der Waals surface area (Å²) in [7, 11) is 2.03. The first-order valence-corrected chi connectivity index (χ1v) is 7.53. The summed E-state index contributed by atoms with van der Waals surface area (Å²) in [5.41, 5.74) is 1.26. The summed E-state index contributed by atoms with van der Waals surface area (Å²) in [6.45, 7) is 2.29. The minimum Gasteiger partial charge on any atom is -0.313 e. The summed E-state index contributed by atoms with van der Waals surface area (Å²) in [5, 5.41) is 4.73. The third-order valence-corrected chi connectivity index (χ3v) is 4.98. The standard InChI is InChI=1S/C15H21Cl2N/c1-3-10-4-5-11(8-10)15(18-2)12-6-7-13(16)14(17)9-12/h6-7,9-11,15,18H,3-5,8H2,1-2H3. The van der Waals surface area contributed by atoms with Crippen LogP contribution in [0.1, 0.15) is 44.2 Å². The number of halogens is 2. The lowest BCUT2D eigenvalue weighted by Crippen LogP contribution is -2.23. The molecule has 1 nitrogen and oxygen atoms in total. The number of hydrogen-bond acceptors (Lipinski definition) is 1. The molecular formula is C15H21Cl2N. The predicted octanol–water partition coefficient (Wildman–Crippen LogP) is 5.08. The van der Waals surface area contributed by atoms with E-state index in [2.05, 4.69) is 18.3 Å². The Morgan fingerprint density at radius 3 is 2.61 bits per heavy atom.